The van der Waals surface area contributed by atoms with Gasteiger partial charge in [0.15, 0.2) is 0 Å². The highest BCUT2D eigenvalue weighted by Crippen LogP contribution is 2.28. The molecular formula is C16H20Cl2N2O3. The number of hydrogen-bond acceptors (Lipinski definition) is 3. The second-order valence-corrected chi connectivity index (χ2v) is 7.18. The summed E-state index contributed by atoms with van der Waals surface area (Å²) in [6.07, 6.45) is -0.166. The van der Waals surface area contributed by atoms with Crippen molar-refractivity contribution in [3.8, 4) is 0 Å². The number of carbonyl (C=O) groups excluding carboxylic acids is 2. The summed E-state index contributed by atoms with van der Waals surface area (Å²) in [5, 5.41) is 0.832. The first-order valence-corrected chi connectivity index (χ1v) is 8.16. The number of amides is 2. The van der Waals surface area contributed by atoms with E-state index in [0.29, 0.717) is 35.4 Å². The molecule has 126 valence electrons. The predicted molar refractivity (Wildman–Crippen MR) is 91.2 cm³/mol. The van der Waals surface area contributed by atoms with Gasteiger partial charge in [0.1, 0.15) is 5.60 Å². The molecule has 23 heavy (non-hydrogen) atoms. The highest BCUT2D eigenvalue weighted by molar-refractivity contribution is 6.42. The molecule has 0 aliphatic carbocycles. The fourth-order valence-corrected chi connectivity index (χ4v) is 2.55. The summed E-state index contributed by atoms with van der Waals surface area (Å²) < 4.78 is 5.36. The Kier molecular flexibility index (Phi) is 5.42. The lowest BCUT2D eigenvalue weighted by atomic mass is 10.2. The Labute approximate surface area is 146 Å². The van der Waals surface area contributed by atoms with E-state index in [1.165, 1.54) is 0 Å². The van der Waals surface area contributed by atoms with Gasteiger partial charge in [0.05, 0.1) is 10.0 Å². The Hall–Kier alpha value is -1.46. The van der Waals surface area contributed by atoms with Gasteiger partial charge in [-0.1, -0.05) is 23.2 Å². The molecule has 0 spiro atoms. The van der Waals surface area contributed by atoms with Crippen LogP contribution < -0.4 is 4.90 Å². The van der Waals surface area contributed by atoms with Crippen LogP contribution in [-0.4, -0.2) is 42.1 Å². The summed E-state index contributed by atoms with van der Waals surface area (Å²) in [4.78, 5) is 27.7. The first-order chi connectivity index (χ1) is 10.7. The second kappa shape index (κ2) is 6.97. The smallest absolute Gasteiger partial charge is 0.410 e. The zero-order chi connectivity index (χ0) is 17.2. The molecule has 7 heteroatoms. The van der Waals surface area contributed by atoms with E-state index < -0.39 is 11.7 Å². The number of anilines is 1. The van der Waals surface area contributed by atoms with Crippen LogP contribution in [-0.2, 0) is 9.53 Å². The first-order valence-electron chi connectivity index (χ1n) is 7.41. The minimum absolute atomic E-state index is 0.0607. The molecule has 1 fully saturated rings. The average molecular weight is 359 g/mol. The van der Waals surface area contributed by atoms with Crippen molar-refractivity contribution in [2.45, 2.75) is 32.8 Å². The molecule has 0 aromatic heterocycles. The van der Waals surface area contributed by atoms with Gasteiger partial charge in [-0.25, -0.2) is 4.79 Å². The van der Waals surface area contributed by atoms with Crippen molar-refractivity contribution in [3.63, 3.8) is 0 Å². The molecule has 0 saturated carbocycles. The van der Waals surface area contributed by atoms with Crippen molar-refractivity contribution in [2.75, 3.05) is 24.5 Å². The van der Waals surface area contributed by atoms with Crippen molar-refractivity contribution >= 4 is 40.9 Å². The lowest BCUT2D eigenvalue weighted by molar-refractivity contribution is -0.118. The molecule has 2 amide bonds. The zero-order valence-electron chi connectivity index (χ0n) is 13.4. The predicted octanol–water partition coefficient (Wildman–Crippen LogP) is 3.97. The topological polar surface area (TPSA) is 49.9 Å². The van der Waals surface area contributed by atoms with Crippen molar-refractivity contribution in [1.82, 2.24) is 4.90 Å². The van der Waals surface area contributed by atoms with Gasteiger partial charge in [0.2, 0.25) is 5.91 Å². The summed E-state index contributed by atoms with van der Waals surface area (Å²) in [5.74, 6) is -0.0607. The maximum atomic E-state index is 12.3. The van der Waals surface area contributed by atoms with Crippen LogP contribution in [0.3, 0.4) is 0 Å². The van der Waals surface area contributed by atoms with Gasteiger partial charge in [-0.15, -0.1) is 0 Å². The van der Waals surface area contributed by atoms with Gasteiger partial charge in [-0.2, -0.15) is 0 Å². The Morgan fingerprint density at radius 3 is 2.43 bits per heavy atom. The van der Waals surface area contributed by atoms with Crippen molar-refractivity contribution in [2.24, 2.45) is 0 Å². The van der Waals surface area contributed by atoms with Crippen LogP contribution in [0, 0.1) is 0 Å². The summed E-state index contributed by atoms with van der Waals surface area (Å²) in [6, 6.07) is 5.06. The summed E-state index contributed by atoms with van der Waals surface area (Å²) >= 11 is 11.9. The summed E-state index contributed by atoms with van der Waals surface area (Å²) in [7, 11) is 0. The third-order valence-corrected chi connectivity index (χ3v) is 4.10. The van der Waals surface area contributed by atoms with E-state index in [9.17, 15) is 9.59 Å². The Balaban J connectivity index is 2.10. The SMILES string of the molecule is CC(C)(C)OC(=O)N1CCC(=O)N(c2ccc(Cl)c(Cl)c2)CC1. The van der Waals surface area contributed by atoms with E-state index in [2.05, 4.69) is 0 Å². The van der Waals surface area contributed by atoms with Crippen molar-refractivity contribution < 1.29 is 14.3 Å². The maximum absolute atomic E-state index is 12.3. The molecule has 0 atom stereocenters. The van der Waals surface area contributed by atoms with Crippen LogP contribution in [0.5, 0.6) is 0 Å². The number of nitrogens with zero attached hydrogens (tertiary/aromatic N) is 2. The maximum Gasteiger partial charge on any atom is 0.410 e. The van der Waals surface area contributed by atoms with Crippen LogP contribution in [0.1, 0.15) is 27.2 Å². The molecule has 0 N–H and O–H groups in total. The van der Waals surface area contributed by atoms with E-state index >= 15 is 0 Å². The summed E-state index contributed by atoms with van der Waals surface area (Å²) in [5.41, 5.74) is 0.118. The number of carbonyl (C=O) groups is 2. The molecule has 0 bridgehead atoms. The fraction of sp³-hybridized carbons (Fsp3) is 0.500. The minimum Gasteiger partial charge on any atom is -0.444 e. The van der Waals surface area contributed by atoms with E-state index in [4.69, 9.17) is 27.9 Å². The normalized spacial score (nSPS) is 16.3. The molecule has 1 aromatic rings. The second-order valence-electron chi connectivity index (χ2n) is 6.36. The Morgan fingerprint density at radius 1 is 1.13 bits per heavy atom. The van der Waals surface area contributed by atoms with E-state index in [-0.39, 0.29) is 12.3 Å². The highest BCUT2D eigenvalue weighted by atomic mass is 35.5. The molecule has 1 heterocycles. The number of hydrogen-bond donors (Lipinski definition) is 0. The van der Waals surface area contributed by atoms with E-state index in [0.717, 1.165) is 0 Å². The molecule has 1 aliphatic heterocycles. The molecule has 1 aliphatic rings. The fourth-order valence-electron chi connectivity index (χ4n) is 2.26. The van der Waals surface area contributed by atoms with Gasteiger partial charge in [-0.05, 0) is 39.0 Å². The van der Waals surface area contributed by atoms with E-state index in [1.807, 2.05) is 20.8 Å². The van der Waals surface area contributed by atoms with Crippen LogP contribution in [0.4, 0.5) is 10.5 Å². The van der Waals surface area contributed by atoms with Gasteiger partial charge >= 0.3 is 6.09 Å². The quantitative estimate of drug-likeness (QED) is 0.763. The lowest BCUT2D eigenvalue weighted by Gasteiger charge is -2.26. The van der Waals surface area contributed by atoms with Gasteiger partial charge in [0, 0.05) is 31.7 Å². The lowest BCUT2D eigenvalue weighted by Crippen LogP contribution is -2.39. The standard InChI is InChI=1S/C16H20Cl2N2O3/c1-16(2,3)23-15(22)19-7-6-14(21)20(9-8-19)11-4-5-12(17)13(18)10-11/h4-5,10H,6-9H2,1-3H3. The van der Waals surface area contributed by atoms with Crippen molar-refractivity contribution in [1.29, 1.82) is 0 Å². The van der Waals surface area contributed by atoms with Crippen LogP contribution in [0.2, 0.25) is 10.0 Å². The molecule has 0 unspecified atom stereocenters. The van der Waals surface area contributed by atoms with Crippen LogP contribution >= 0.6 is 23.2 Å². The molecular weight excluding hydrogens is 339 g/mol. The molecule has 1 saturated heterocycles. The van der Waals surface area contributed by atoms with Gasteiger partial charge in [-0.3, -0.25) is 4.79 Å². The number of halogens is 2. The Bertz CT molecular complexity index is 614. The number of ether oxygens (including phenoxy) is 1. The van der Waals surface area contributed by atoms with Crippen LogP contribution in [0.15, 0.2) is 18.2 Å². The first kappa shape index (κ1) is 17.9. The average Bonchev–Trinajstić information content (AvgIpc) is 2.62. The Morgan fingerprint density at radius 2 is 1.83 bits per heavy atom. The third-order valence-electron chi connectivity index (χ3n) is 3.36. The zero-order valence-corrected chi connectivity index (χ0v) is 14.9. The highest BCUT2D eigenvalue weighted by Gasteiger charge is 2.28. The van der Waals surface area contributed by atoms with Gasteiger partial charge in [0.25, 0.3) is 0 Å². The van der Waals surface area contributed by atoms with Crippen molar-refractivity contribution in [3.05, 3.63) is 28.2 Å². The molecule has 5 nitrogen and oxygen atoms in total. The largest absolute Gasteiger partial charge is 0.444 e. The number of benzene rings is 1. The number of rotatable bonds is 1. The van der Waals surface area contributed by atoms with Crippen LogP contribution in [0.25, 0.3) is 0 Å². The van der Waals surface area contributed by atoms with E-state index in [1.54, 1.807) is 28.0 Å². The minimum atomic E-state index is -0.559. The van der Waals surface area contributed by atoms with Gasteiger partial charge < -0.3 is 14.5 Å². The third kappa shape index (κ3) is 4.75. The molecule has 0 radical (unpaired) electrons. The monoisotopic (exact) mass is 358 g/mol. The summed E-state index contributed by atoms with van der Waals surface area (Å²) in [6.45, 7) is 6.57. The molecule has 1 aromatic carbocycles. The molecule has 2 rings (SSSR count).